The Bertz CT molecular complexity index is 525. The summed E-state index contributed by atoms with van der Waals surface area (Å²) in [7, 11) is 3.23. The fourth-order valence-electron chi connectivity index (χ4n) is 2.39. The summed E-state index contributed by atoms with van der Waals surface area (Å²) in [5.74, 6) is 1.99. The predicted molar refractivity (Wildman–Crippen MR) is 88.2 cm³/mol. The van der Waals surface area contributed by atoms with E-state index in [1.807, 2.05) is 29.2 Å². The van der Waals surface area contributed by atoms with E-state index in [0.29, 0.717) is 23.5 Å². The second-order valence-corrected chi connectivity index (χ2v) is 6.09. The molecular weight excluding hydrogens is 278 g/mol. The number of methoxy groups -OCH3 is 2. The van der Waals surface area contributed by atoms with Gasteiger partial charge in [0.25, 0.3) is 0 Å². The smallest absolute Gasteiger partial charge is 0.246 e. The molecule has 0 radical (unpaired) electrons. The van der Waals surface area contributed by atoms with Crippen molar-refractivity contribution in [2.24, 2.45) is 5.92 Å². The van der Waals surface area contributed by atoms with Crippen molar-refractivity contribution in [2.45, 2.75) is 32.7 Å². The van der Waals surface area contributed by atoms with Crippen molar-refractivity contribution in [3.8, 4) is 11.5 Å². The molecule has 22 heavy (non-hydrogen) atoms. The van der Waals surface area contributed by atoms with E-state index in [-0.39, 0.29) is 5.91 Å². The number of rotatable bonds is 7. The molecular formula is C18H25NO3. The lowest BCUT2D eigenvalue weighted by Gasteiger charge is -2.22. The van der Waals surface area contributed by atoms with Gasteiger partial charge in [-0.15, -0.1) is 0 Å². The van der Waals surface area contributed by atoms with Crippen LogP contribution in [0.5, 0.6) is 11.5 Å². The number of carbonyl (C=O) groups excluding carboxylic acids is 1. The number of hydrogen-bond donors (Lipinski definition) is 0. The number of ether oxygens (including phenoxy) is 2. The number of hydrogen-bond acceptors (Lipinski definition) is 3. The fraction of sp³-hybridized carbons (Fsp3) is 0.500. The molecule has 4 heteroatoms. The van der Waals surface area contributed by atoms with E-state index in [0.717, 1.165) is 24.9 Å². The average molecular weight is 303 g/mol. The van der Waals surface area contributed by atoms with E-state index in [9.17, 15) is 4.79 Å². The highest BCUT2D eigenvalue weighted by atomic mass is 16.5. The Labute approximate surface area is 132 Å². The predicted octanol–water partition coefficient (Wildman–Crippen LogP) is 3.36. The fourth-order valence-corrected chi connectivity index (χ4v) is 2.39. The van der Waals surface area contributed by atoms with E-state index >= 15 is 0 Å². The Kier molecular flexibility index (Phi) is 5.47. The second kappa shape index (κ2) is 7.34. The van der Waals surface area contributed by atoms with Crippen molar-refractivity contribution in [2.75, 3.05) is 20.8 Å². The van der Waals surface area contributed by atoms with Crippen LogP contribution in [0.2, 0.25) is 0 Å². The third-order valence-corrected chi connectivity index (χ3v) is 3.62. The minimum Gasteiger partial charge on any atom is -0.497 e. The average Bonchev–Trinajstić information content (AvgIpc) is 3.34. The molecule has 4 nitrogen and oxygen atoms in total. The quantitative estimate of drug-likeness (QED) is 0.725. The summed E-state index contributed by atoms with van der Waals surface area (Å²) in [6, 6.07) is 6.01. The van der Waals surface area contributed by atoms with Gasteiger partial charge in [0, 0.05) is 24.7 Å². The zero-order valence-corrected chi connectivity index (χ0v) is 13.8. The maximum atomic E-state index is 12.4. The second-order valence-electron chi connectivity index (χ2n) is 6.09. The summed E-state index contributed by atoms with van der Waals surface area (Å²) in [5.41, 5.74) is 0.893. The first-order valence-electron chi connectivity index (χ1n) is 7.75. The van der Waals surface area contributed by atoms with Crippen LogP contribution in [0.15, 0.2) is 24.3 Å². The van der Waals surface area contributed by atoms with Gasteiger partial charge in [-0.1, -0.05) is 13.8 Å². The van der Waals surface area contributed by atoms with Gasteiger partial charge in [-0.05, 0) is 42.5 Å². The Morgan fingerprint density at radius 3 is 2.27 bits per heavy atom. The summed E-state index contributed by atoms with van der Waals surface area (Å²) in [5, 5.41) is 0. The van der Waals surface area contributed by atoms with Crippen molar-refractivity contribution in [3.05, 3.63) is 29.8 Å². The van der Waals surface area contributed by atoms with Gasteiger partial charge in [0.1, 0.15) is 11.5 Å². The largest absolute Gasteiger partial charge is 0.497 e. The van der Waals surface area contributed by atoms with Gasteiger partial charge in [0.2, 0.25) is 5.91 Å². The van der Waals surface area contributed by atoms with Crippen LogP contribution >= 0.6 is 0 Å². The van der Waals surface area contributed by atoms with Gasteiger partial charge in [0.15, 0.2) is 0 Å². The van der Waals surface area contributed by atoms with Gasteiger partial charge >= 0.3 is 0 Å². The zero-order chi connectivity index (χ0) is 16.1. The van der Waals surface area contributed by atoms with Crippen molar-refractivity contribution in [1.29, 1.82) is 0 Å². The minimum atomic E-state index is 0.0815. The van der Waals surface area contributed by atoms with Crippen LogP contribution in [0.3, 0.4) is 0 Å². The Morgan fingerprint density at radius 1 is 1.23 bits per heavy atom. The van der Waals surface area contributed by atoms with Gasteiger partial charge in [-0.2, -0.15) is 0 Å². The number of amides is 1. The van der Waals surface area contributed by atoms with E-state index in [1.165, 1.54) is 0 Å². The Balaban J connectivity index is 2.10. The first-order chi connectivity index (χ1) is 10.5. The van der Waals surface area contributed by atoms with Crippen LogP contribution in [-0.4, -0.2) is 37.6 Å². The molecule has 1 fully saturated rings. The monoisotopic (exact) mass is 303 g/mol. The van der Waals surface area contributed by atoms with Crippen molar-refractivity contribution >= 4 is 12.0 Å². The molecule has 0 aromatic heterocycles. The topological polar surface area (TPSA) is 38.8 Å². The molecule has 0 aliphatic heterocycles. The van der Waals surface area contributed by atoms with E-state index in [4.69, 9.17) is 9.47 Å². The highest BCUT2D eigenvalue weighted by Gasteiger charge is 2.31. The molecule has 1 amide bonds. The molecule has 1 aromatic carbocycles. The molecule has 0 bridgehead atoms. The normalized spacial score (nSPS) is 14.4. The summed E-state index contributed by atoms with van der Waals surface area (Å²) in [6.07, 6.45) is 5.72. The number of benzene rings is 1. The Morgan fingerprint density at radius 2 is 1.82 bits per heavy atom. The first kappa shape index (κ1) is 16.4. The van der Waals surface area contributed by atoms with Crippen LogP contribution in [0.25, 0.3) is 6.08 Å². The molecule has 0 atom stereocenters. The highest BCUT2D eigenvalue weighted by Crippen LogP contribution is 2.28. The third kappa shape index (κ3) is 4.52. The third-order valence-electron chi connectivity index (χ3n) is 3.62. The van der Waals surface area contributed by atoms with Gasteiger partial charge in [-0.3, -0.25) is 4.79 Å². The molecule has 0 N–H and O–H groups in total. The van der Waals surface area contributed by atoms with Crippen LogP contribution in [0, 0.1) is 5.92 Å². The molecule has 1 aromatic rings. The van der Waals surface area contributed by atoms with Gasteiger partial charge in [-0.25, -0.2) is 0 Å². The summed E-state index contributed by atoms with van der Waals surface area (Å²) >= 11 is 0. The summed E-state index contributed by atoms with van der Waals surface area (Å²) in [4.78, 5) is 14.4. The lowest BCUT2D eigenvalue weighted by atomic mass is 10.1. The van der Waals surface area contributed by atoms with Crippen LogP contribution in [-0.2, 0) is 4.79 Å². The van der Waals surface area contributed by atoms with Crippen LogP contribution in [0.1, 0.15) is 32.3 Å². The molecule has 1 aliphatic carbocycles. The number of carbonyl (C=O) groups is 1. The highest BCUT2D eigenvalue weighted by molar-refractivity contribution is 5.92. The van der Waals surface area contributed by atoms with Crippen molar-refractivity contribution < 1.29 is 14.3 Å². The lowest BCUT2D eigenvalue weighted by Crippen LogP contribution is -2.34. The molecule has 120 valence electrons. The van der Waals surface area contributed by atoms with Gasteiger partial charge in [0.05, 0.1) is 14.2 Å². The lowest BCUT2D eigenvalue weighted by molar-refractivity contribution is -0.127. The van der Waals surface area contributed by atoms with E-state index in [2.05, 4.69) is 13.8 Å². The molecule has 0 heterocycles. The summed E-state index contributed by atoms with van der Waals surface area (Å²) in [6.45, 7) is 5.09. The summed E-state index contributed by atoms with van der Waals surface area (Å²) < 4.78 is 10.5. The molecule has 0 saturated heterocycles. The molecule has 0 unspecified atom stereocenters. The van der Waals surface area contributed by atoms with Crippen molar-refractivity contribution in [1.82, 2.24) is 4.90 Å². The maximum Gasteiger partial charge on any atom is 0.246 e. The van der Waals surface area contributed by atoms with Crippen LogP contribution in [0.4, 0.5) is 0 Å². The molecule has 1 saturated carbocycles. The molecule has 1 aliphatic rings. The Hall–Kier alpha value is -1.97. The minimum absolute atomic E-state index is 0.0815. The SMILES string of the molecule is COc1cc(/C=C/C(=O)N(CC(C)C)C2CC2)cc(OC)c1. The van der Waals surface area contributed by atoms with Crippen LogP contribution < -0.4 is 9.47 Å². The molecule has 2 rings (SSSR count). The van der Waals surface area contributed by atoms with Gasteiger partial charge < -0.3 is 14.4 Å². The van der Waals surface area contributed by atoms with E-state index < -0.39 is 0 Å². The number of nitrogens with zero attached hydrogens (tertiary/aromatic N) is 1. The van der Waals surface area contributed by atoms with Crippen molar-refractivity contribution in [3.63, 3.8) is 0 Å². The molecule has 0 spiro atoms. The van der Waals surface area contributed by atoms with E-state index in [1.54, 1.807) is 20.3 Å². The first-order valence-corrected chi connectivity index (χ1v) is 7.75. The zero-order valence-electron chi connectivity index (χ0n) is 13.8. The standard InChI is InChI=1S/C18H25NO3/c1-13(2)12-19(15-6-7-15)18(20)8-5-14-9-16(21-3)11-17(10-14)22-4/h5,8-11,13,15H,6-7,12H2,1-4H3/b8-5+. The maximum absolute atomic E-state index is 12.4.